The first-order valence-corrected chi connectivity index (χ1v) is 6.40. The normalized spacial score (nSPS) is 22.5. The van der Waals surface area contributed by atoms with Gasteiger partial charge in [0.25, 0.3) is 0 Å². The van der Waals surface area contributed by atoms with E-state index >= 15 is 0 Å². The lowest BCUT2D eigenvalue weighted by Crippen LogP contribution is -2.35. The minimum absolute atomic E-state index is 0.367. The van der Waals surface area contributed by atoms with E-state index in [4.69, 9.17) is 9.15 Å². The second kappa shape index (κ2) is 6.79. The molecule has 17 heavy (non-hydrogen) atoms. The average Bonchev–Trinajstić information content (AvgIpc) is 2.74. The Bertz CT molecular complexity index is 300. The largest absolute Gasteiger partial charge is 0.472 e. The van der Waals surface area contributed by atoms with Crippen molar-refractivity contribution in [1.82, 2.24) is 10.2 Å². The molecule has 2 heterocycles. The Morgan fingerprint density at radius 3 is 3.29 bits per heavy atom. The molecular formula is C13H22N2O2. The molecule has 1 unspecified atom stereocenters. The lowest BCUT2D eigenvalue weighted by molar-refractivity contribution is 0.0679. The summed E-state index contributed by atoms with van der Waals surface area (Å²) < 4.78 is 10.6. The number of furan rings is 1. The van der Waals surface area contributed by atoms with Crippen LogP contribution in [0.1, 0.15) is 18.9 Å². The maximum Gasteiger partial charge on any atom is 0.0947 e. The molecule has 1 aliphatic rings. The second-order valence-corrected chi connectivity index (χ2v) is 4.64. The lowest BCUT2D eigenvalue weighted by atomic mass is 10.3. The molecule has 0 saturated carbocycles. The number of ether oxygens (including phenoxy) is 1. The van der Waals surface area contributed by atoms with Crippen molar-refractivity contribution in [1.29, 1.82) is 0 Å². The van der Waals surface area contributed by atoms with E-state index in [0.29, 0.717) is 6.10 Å². The molecule has 0 amide bonds. The van der Waals surface area contributed by atoms with Crippen LogP contribution in [0.3, 0.4) is 0 Å². The van der Waals surface area contributed by atoms with Crippen LogP contribution in [-0.4, -0.2) is 43.8 Å². The first-order valence-electron chi connectivity index (χ1n) is 6.40. The molecule has 0 spiro atoms. The predicted molar refractivity (Wildman–Crippen MR) is 66.9 cm³/mol. The third-order valence-corrected chi connectivity index (χ3v) is 3.05. The van der Waals surface area contributed by atoms with E-state index < -0.39 is 0 Å². The minimum Gasteiger partial charge on any atom is -0.472 e. The van der Waals surface area contributed by atoms with Crippen LogP contribution < -0.4 is 5.32 Å². The van der Waals surface area contributed by atoms with E-state index in [1.165, 1.54) is 5.56 Å². The Hall–Kier alpha value is -0.840. The summed E-state index contributed by atoms with van der Waals surface area (Å²) in [7, 11) is 0. The molecule has 0 aromatic carbocycles. The number of nitrogens with zero attached hydrogens (tertiary/aromatic N) is 1. The molecule has 96 valence electrons. The SMILES string of the molecule is CC1CN(CCNCc2ccoc2)CCCO1. The van der Waals surface area contributed by atoms with Gasteiger partial charge in [-0.2, -0.15) is 0 Å². The molecule has 1 aliphatic heterocycles. The Morgan fingerprint density at radius 2 is 2.47 bits per heavy atom. The first kappa shape index (κ1) is 12.6. The topological polar surface area (TPSA) is 37.6 Å². The Balaban J connectivity index is 1.60. The van der Waals surface area contributed by atoms with Gasteiger partial charge in [0, 0.05) is 44.9 Å². The fourth-order valence-corrected chi connectivity index (χ4v) is 2.15. The van der Waals surface area contributed by atoms with Crippen LogP contribution in [0.2, 0.25) is 0 Å². The van der Waals surface area contributed by atoms with Gasteiger partial charge in [0.2, 0.25) is 0 Å². The number of hydrogen-bond acceptors (Lipinski definition) is 4. The number of hydrogen-bond donors (Lipinski definition) is 1. The number of rotatable bonds is 5. The smallest absolute Gasteiger partial charge is 0.0947 e. The van der Waals surface area contributed by atoms with E-state index in [1.807, 2.05) is 6.07 Å². The Kier molecular flexibility index (Phi) is 5.04. The van der Waals surface area contributed by atoms with Gasteiger partial charge in [-0.1, -0.05) is 0 Å². The van der Waals surface area contributed by atoms with Crippen LogP contribution in [-0.2, 0) is 11.3 Å². The molecule has 1 N–H and O–H groups in total. The van der Waals surface area contributed by atoms with Crippen molar-refractivity contribution in [3.8, 4) is 0 Å². The van der Waals surface area contributed by atoms with Gasteiger partial charge in [-0.3, -0.25) is 4.90 Å². The minimum atomic E-state index is 0.367. The maximum absolute atomic E-state index is 5.62. The zero-order valence-electron chi connectivity index (χ0n) is 10.5. The molecule has 1 aromatic heterocycles. The van der Waals surface area contributed by atoms with E-state index in [1.54, 1.807) is 12.5 Å². The van der Waals surface area contributed by atoms with Crippen LogP contribution in [0.4, 0.5) is 0 Å². The summed E-state index contributed by atoms with van der Waals surface area (Å²) in [6.45, 7) is 8.24. The summed E-state index contributed by atoms with van der Waals surface area (Å²) in [6, 6.07) is 1.99. The highest BCUT2D eigenvalue weighted by Crippen LogP contribution is 2.04. The van der Waals surface area contributed by atoms with Gasteiger partial charge in [0.05, 0.1) is 18.6 Å². The van der Waals surface area contributed by atoms with Gasteiger partial charge in [-0.25, -0.2) is 0 Å². The predicted octanol–water partition coefficient (Wildman–Crippen LogP) is 1.48. The summed E-state index contributed by atoms with van der Waals surface area (Å²) in [4.78, 5) is 2.47. The molecule has 1 fully saturated rings. The highest BCUT2D eigenvalue weighted by molar-refractivity contribution is 5.04. The van der Waals surface area contributed by atoms with Crippen molar-refractivity contribution in [2.75, 3.05) is 32.8 Å². The zero-order chi connectivity index (χ0) is 11.9. The van der Waals surface area contributed by atoms with Gasteiger partial charge in [-0.15, -0.1) is 0 Å². The van der Waals surface area contributed by atoms with E-state index in [-0.39, 0.29) is 0 Å². The van der Waals surface area contributed by atoms with E-state index in [2.05, 4.69) is 17.1 Å². The Morgan fingerprint density at radius 1 is 1.53 bits per heavy atom. The van der Waals surface area contributed by atoms with Gasteiger partial charge in [-0.05, 0) is 19.4 Å². The molecule has 0 radical (unpaired) electrons. The summed E-state index contributed by atoms with van der Waals surface area (Å²) in [6.07, 6.45) is 5.01. The molecule has 1 atom stereocenters. The van der Waals surface area contributed by atoms with Crippen molar-refractivity contribution in [2.24, 2.45) is 0 Å². The van der Waals surface area contributed by atoms with Crippen LogP contribution in [0.15, 0.2) is 23.0 Å². The monoisotopic (exact) mass is 238 g/mol. The van der Waals surface area contributed by atoms with Gasteiger partial charge >= 0.3 is 0 Å². The molecule has 2 rings (SSSR count). The quantitative estimate of drug-likeness (QED) is 0.789. The van der Waals surface area contributed by atoms with Gasteiger partial charge < -0.3 is 14.5 Å². The molecule has 0 aliphatic carbocycles. The fourth-order valence-electron chi connectivity index (χ4n) is 2.15. The standard InChI is InChI=1S/C13H22N2O2/c1-12-10-15(5-2-7-17-12)6-4-14-9-13-3-8-16-11-13/h3,8,11-12,14H,2,4-7,9-10H2,1H3. The molecule has 4 nitrogen and oxygen atoms in total. The summed E-state index contributed by atoms with van der Waals surface area (Å²) >= 11 is 0. The summed E-state index contributed by atoms with van der Waals surface area (Å²) in [5, 5.41) is 3.43. The van der Waals surface area contributed by atoms with Crippen LogP contribution in [0.25, 0.3) is 0 Å². The average molecular weight is 238 g/mol. The summed E-state index contributed by atoms with van der Waals surface area (Å²) in [5.74, 6) is 0. The highest BCUT2D eigenvalue weighted by Gasteiger charge is 2.13. The molecule has 0 bridgehead atoms. The third-order valence-electron chi connectivity index (χ3n) is 3.05. The third kappa shape index (κ3) is 4.50. The first-order chi connectivity index (χ1) is 8.34. The van der Waals surface area contributed by atoms with E-state index in [9.17, 15) is 0 Å². The fraction of sp³-hybridized carbons (Fsp3) is 0.692. The molecule has 4 heteroatoms. The van der Waals surface area contributed by atoms with Crippen molar-refractivity contribution in [2.45, 2.75) is 26.0 Å². The molecule has 1 aromatic rings. The van der Waals surface area contributed by atoms with Crippen molar-refractivity contribution < 1.29 is 9.15 Å². The number of nitrogens with one attached hydrogen (secondary N) is 1. The van der Waals surface area contributed by atoms with E-state index in [0.717, 1.165) is 45.8 Å². The molecular weight excluding hydrogens is 216 g/mol. The highest BCUT2D eigenvalue weighted by atomic mass is 16.5. The van der Waals surface area contributed by atoms with Gasteiger partial charge in [0.1, 0.15) is 0 Å². The second-order valence-electron chi connectivity index (χ2n) is 4.64. The maximum atomic E-state index is 5.62. The zero-order valence-corrected chi connectivity index (χ0v) is 10.5. The van der Waals surface area contributed by atoms with Crippen LogP contribution >= 0.6 is 0 Å². The summed E-state index contributed by atoms with van der Waals surface area (Å²) in [5.41, 5.74) is 1.21. The van der Waals surface area contributed by atoms with Gasteiger partial charge in [0.15, 0.2) is 0 Å². The molecule has 1 saturated heterocycles. The van der Waals surface area contributed by atoms with Crippen LogP contribution in [0, 0.1) is 0 Å². The van der Waals surface area contributed by atoms with Crippen molar-refractivity contribution in [3.63, 3.8) is 0 Å². The van der Waals surface area contributed by atoms with Crippen LogP contribution in [0.5, 0.6) is 0 Å². The Labute approximate surface area is 103 Å². The van der Waals surface area contributed by atoms with Crippen molar-refractivity contribution >= 4 is 0 Å². The lowest BCUT2D eigenvalue weighted by Gasteiger charge is -2.21. The van der Waals surface area contributed by atoms with Crippen molar-refractivity contribution in [3.05, 3.63) is 24.2 Å².